The average molecular weight is 261 g/mol. The molecule has 0 saturated carbocycles. The molecule has 2 aromatic rings. The number of aryl methyl sites for hydroxylation is 1. The first-order valence-electron chi connectivity index (χ1n) is 6.20. The Morgan fingerprint density at radius 1 is 1.32 bits per heavy atom. The molecular weight excluding hydrogens is 246 g/mol. The summed E-state index contributed by atoms with van der Waals surface area (Å²) in [6.45, 7) is 2.40. The SMILES string of the molecule is Cn1cc(-c2ccc(C(=O)N3CCOCC3)o2)cn1. The molecular formula is C13H15N3O3. The second-order valence-corrected chi connectivity index (χ2v) is 4.47. The zero-order chi connectivity index (χ0) is 13.2. The molecule has 1 aliphatic heterocycles. The minimum Gasteiger partial charge on any atom is -0.451 e. The molecule has 100 valence electrons. The summed E-state index contributed by atoms with van der Waals surface area (Å²) in [7, 11) is 1.84. The van der Waals surface area contributed by atoms with Gasteiger partial charge in [0, 0.05) is 26.3 Å². The van der Waals surface area contributed by atoms with E-state index in [1.165, 1.54) is 0 Å². The molecule has 0 spiro atoms. The van der Waals surface area contributed by atoms with Crippen LogP contribution in [0.25, 0.3) is 11.3 Å². The topological polar surface area (TPSA) is 60.5 Å². The van der Waals surface area contributed by atoms with Crippen molar-refractivity contribution in [3.8, 4) is 11.3 Å². The molecule has 0 atom stereocenters. The van der Waals surface area contributed by atoms with Crippen LogP contribution in [0.2, 0.25) is 0 Å². The van der Waals surface area contributed by atoms with E-state index in [0.717, 1.165) is 5.56 Å². The largest absolute Gasteiger partial charge is 0.451 e. The zero-order valence-corrected chi connectivity index (χ0v) is 10.7. The number of amides is 1. The highest BCUT2D eigenvalue weighted by Crippen LogP contribution is 2.22. The van der Waals surface area contributed by atoms with Crippen LogP contribution in [-0.4, -0.2) is 46.9 Å². The van der Waals surface area contributed by atoms with Gasteiger partial charge in [-0.05, 0) is 12.1 Å². The number of nitrogens with zero attached hydrogens (tertiary/aromatic N) is 3. The molecule has 19 heavy (non-hydrogen) atoms. The summed E-state index contributed by atoms with van der Waals surface area (Å²) in [5.41, 5.74) is 0.864. The number of rotatable bonds is 2. The van der Waals surface area contributed by atoms with Gasteiger partial charge in [-0.3, -0.25) is 9.48 Å². The fraction of sp³-hybridized carbons (Fsp3) is 0.385. The normalized spacial score (nSPS) is 15.7. The van der Waals surface area contributed by atoms with Gasteiger partial charge < -0.3 is 14.1 Å². The first-order chi connectivity index (χ1) is 9.24. The number of carbonyl (C=O) groups is 1. The highest BCUT2D eigenvalue weighted by atomic mass is 16.5. The smallest absolute Gasteiger partial charge is 0.289 e. The highest BCUT2D eigenvalue weighted by molar-refractivity contribution is 5.92. The molecule has 0 N–H and O–H groups in total. The Kier molecular flexibility index (Phi) is 3.08. The van der Waals surface area contributed by atoms with Gasteiger partial charge in [0.2, 0.25) is 0 Å². The maximum absolute atomic E-state index is 12.2. The molecule has 1 fully saturated rings. The Morgan fingerprint density at radius 3 is 2.79 bits per heavy atom. The predicted molar refractivity (Wildman–Crippen MR) is 67.6 cm³/mol. The van der Waals surface area contributed by atoms with Crippen LogP contribution in [0, 0.1) is 0 Å². The second kappa shape index (κ2) is 4.89. The lowest BCUT2D eigenvalue weighted by Crippen LogP contribution is -2.40. The van der Waals surface area contributed by atoms with Gasteiger partial charge in [0.15, 0.2) is 5.76 Å². The molecule has 0 bridgehead atoms. The quantitative estimate of drug-likeness (QED) is 0.813. The summed E-state index contributed by atoms with van der Waals surface area (Å²) in [4.78, 5) is 14.0. The molecule has 1 saturated heterocycles. The van der Waals surface area contributed by atoms with E-state index in [9.17, 15) is 4.79 Å². The van der Waals surface area contributed by atoms with Gasteiger partial charge in [0.05, 0.1) is 25.0 Å². The molecule has 1 amide bonds. The Balaban J connectivity index is 1.79. The summed E-state index contributed by atoms with van der Waals surface area (Å²) >= 11 is 0. The van der Waals surface area contributed by atoms with Crippen molar-refractivity contribution < 1.29 is 13.9 Å². The maximum atomic E-state index is 12.2. The van der Waals surface area contributed by atoms with E-state index >= 15 is 0 Å². The number of morpholine rings is 1. The highest BCUT2D eigenvalue weighted by Gasteiger charge is 2.21. The van der Waals surface area contributed by atoms with E-state index in [0.29, 0.717) is 37.8 Å². The zero-order valence-electron chi connectivity index (χ0n) is 10.7. The van der Waals surface area contributed by atoms with E-state index < -0.39 is 0 Å². The maximum Gasteiger partial charge on any atom is 0.289 e. The van der Waals surface area contributed by atoms with Crippen molar-refractivity contribution >= 4 is 5.91 Å². The molecule has 0 unspecified atom stereocenters. The van der Waals surface area contributed by atoms with Crippen LogP contribution in [0.1, 0.15) is 10.6 Å². The van der Waals surface area contributed by atoms with Gasteiger partial charge >= 0.3 is 0 Å². The summed E-state index contributed by atoms with van der Waals surface area (Å²) < 4.78 is 12.5. The summed E-state index contributed by atoms with van der Waals surface area (Å²) in [5.74, 6) is 0.934. The third-order valence-electron chi connectivity index (χ3n) is 3.10. The molecule has 3 heterocycles. The molecule has 3 rings (SSSR count). The Bertz CT molecular complexity index is 581. The summed E-state index contributed by atoms with van der Waals surface area (Å²) in [5, 5.41) is 4.08. The van der Waals surface area contributed by atoms with E-state index in [1.54, 1.807) is 27.9 Å². The third kappa shape index (κ3) is 2.39. The number of aromatic nitrogens is 2. The molecule has 0 radical (unpaired) electrons. The van der Waals surface area contributed by atoms with Gasteiger partial charge in [-0.1, -0.05) is 0 Å². The second-order valence-electron chi connectivity index (χ2n) is 4.47. The van der Waals surface area contributed by atoms with Crippen molar-refractivity contribution in [2.45, 2.75) is 0 Å². The van der Waals surface area contributed by atoms with Crippen molar-refractivity contribution in [1.82, 2.24) is 14.7 Å². The number of carbonyl (C=O) groups excluding carboxylic acids is 1. The molecule has 6 heteroatoms. The van der Waals surface area contributed by atoms with Crippen LogP contribution in [0.15, 0.2) is 28.9 Å². The van der Waals surface area contributed by atoms with Crippen LogP contribution >= 0.6 is 0 Å². The van der Waals surface area contributed by atoms with Crippen molar-refractivity contribution in [2.75, 3.05) is 26.3 Å². The molecule has 6 nitrogen and oxygen atoms in total. The first kappa shape index (κ1) is 12.0. The molecule has 0 aromatic carbocycles. The van der Waals surface area contributed by atoms with Gasteiger partial charge in [0.25, 0.3) is 5.91 Å². The fourth-order valence-electron chi connectivity index (χ4n) is 2.08. The standard InChI is InChI=1S/C13H15N3O3/c1-15-9-10(8-14-15)11-2-3-12(19-11)13(17)16-4-6-18-7-5-16/h2-3,8-9H,4-7H2,1H3. The fourth-order valence-corrected chi connectivity index (χ4v) is 2.08. The molecule has 1 aliphatic rings. The van der Waals surface area contributed by atoms with Crippen molar-refractivity contribution in [3.05, 3.63) is 30.3 Å². The Morgan fingerprint density at radius 2 is 2.11 bits per heavy atom. The van der Waals surface area contributed by atoms with E-state index in [4.69, 9.17) is 9.15 Å². The van der Waals surface area contributed by atoms with Crippen LogP contribution in [0.3, 0.4) is 0 Å². The summed E-state index contributed by atoms with van der Waals surface area (Å²) in [6, 6.07) is 3.50. The van der Waals surface area contributed by atoms with Gasteiger partial charge in [-0.2, -0.15) is 5.10 Å². The average Bonchev–Trinajstić information content (AvgIpc) is 3.07. The van der Waals surface area contributed by atoms with E-state index in [2.05, 4.69) is 5.10 Å². The van der Waals surface area contributed by atoms with Crippen LogP contribution in [-0.2, 0) is 11.8 Å². The minimum absolute atomic E-state index is 0.0848. The van der Waals surface area contributed by atoms with E-state index in [1.807, 2.05) is 13.2 Å². The monoisotopic (exact) mass is 261 g/mol. The number of hydrogen-bond donors (Lipinski definition) is 0. The van der Waals surface area contributed by atoms with Gasteiger partial charge in [0.1, 0.15) is 5.76 Å². The van der Waals surface area contributed by atoms with Crippen LogP contribution < -0.4 is 0 Å². The number of furan rings is 1. The molecule has 0 aliphatic carbocycles. The first-order valence-corrected chi connectivity index (χ1v) is 6.20. The number of ether oxygens (including phenoxy) is 1. The van der Waals surface area contributed by atoms with Crippen molar-refractivity contribution in [1.29, 1.82) is 0 Å². The minimum atomic E-state index is -0.0848. The van der Waals surface area contributed by atoms with Crippen molar-refractivity contribution in [2.24, 2.45) is 7.05 Å². The lowest BCUT2D eigenvalue weighted by atomic mass is 10.3. The third-order valence-corrected chi connectivity index (χ3v) is 3.10. The lowest BCUT2D eigenvalue weighted by molar-refractivity contribution is 0.0283. The van der Waals surface area contributed by atoms with Crippen LogP contribution in [0.4, 0.5) is 0 Å². The lowest BCUT2D eigenvalue weighted by Gasteiger charge is -2.25. The molecule has 2 aromatic heterocycles. The predicted octanol–water partition coefficient (Wildman–Crippen LogP) is 1.15. The summed E-state index contributed by atoms with van der Waals surface area (Å²) in [6.07, 6.45) is 3.56. The Hall–Kier alpha value is -2.08. The van der Waals surface area contributed by atoms with Crippen LogP contribution in [0.5, 0.6) is 0 Å². The van der Waals surface area contributed by atoms with Crippen molar-refractivity contribution in [3.63, 3.8) is 0 Å². The van der Waals surface area contributed by atoms with Gasteiger partial charge in [-0.15, -0.1) is 0 Å². The number of hydrogen-bond acceptors (Lipinski definition) is 4. The van der Waals surface area contributed by atoms with Gasteiger partial charge in [-0.25, -0.2) is 0 Å². The Labute approximate surface area is 110 Å². The van der Waals surface area contributed by atoms with E-state index in [-0.39, 0.29) is 5.91 Å².